The monoisotopic (exact) mass is 458 g/mol. The Labute approximate surface area is 190 Å². The molecule has 31 heavy (non-hydrogen) atoms. The van der Waals surface area contributed by atoms with E-state index in [1.54, 1.807) is 48.5 Å². The van der Waals surface area contributed by atoms with Gasteiger partial charge in [-0.2, -0.15) is 0 Å². The lowest BCUT2D eigenvalue weighted by atomic mass is 10.1. The highest BCUT2D eigenvalue weighted by Gasteiger charge is 2.12. The van der Waals surface area contributed by atoms with Crippen LogP contribution >= 0.6 is 23.2 Å². The highest BCUT2D eigenvalue weighted by molar-refractivity contribution is 6.32. The first kappa shape index (κ1) is 22.5. The molecule has 0 heterocycles. The minimum Gasteiger partial charge on any atom is -0.496 e. The van der Waals surface area contributed by atoms with Crippen LogP contribution in [0.1, 0.15) is 27.0 Å². The summed E-state index contributed by atoms with van der Waals surface area (Å²) in [4.78, 5) is 17.2. The SMILES string of the molecule is COc1ccc(Cl)cc1/C(N)=N/OC(=O)c1ccc(COc2cc(C)ccc2Cl)cc1. The van der Waals surface area contributed by atoms with Crippen molar-refractivity contribution in [2.45, 2.75) is 13.5 Å². The van der Waals surface area contributed by atoms with Crippen molar-refractivity contribution in [2.75, 3.05) is 7.11 Å². The molecule has 3 aromatic rings. The Hall–Kier alpha value is -3.22. The van der Waals surface area contributed by atoms with Gasteiger partial charge in [0.1, 0.15) is 18.1 Å². The van der Waals surface area contributed by atoms with Gasteiger partial charge < -0.3 is 20.0 Å². The lowest BCUT2D eigenvalue weighted by Gasteiger charge is -2.09. The zero-order valence-corrected chi connectivity index (χ0v) is 18.4. The van der Waals surface area contributed by atoms with Crippen LogP contribution < -0.4 is 15.2 Å². The maximum absolute atomic E-state index is 12.3. The van der Waals surface area contributed by atoms with Gasteiger partial charge in [0.2, 0.25) is 0 Å². The van der Waals surface area contributed by atoms with Gasteiger partial charge in [0.15, 0.2) is 5.84 Å². The first-order chi connectivity index (χ1) is 14.9. The predicted molar refractivity (Wildman–Crippen MR) is 121 cm³/mol. The molecule has 0 aliphatic rings. The molecule has 0 saturated carbocycles. The summed E-state index contributed by atoms with van der Waals surface area (Å²) in [5, 5.41) is 4.69. The number of ether oxygens (including phenoxy) is 2. The van der Waals surface area contributed by atoms with Crippen LogP contribution in [-0.4, -0.2) is 18.9 Å². The van der Waals surface area contributed by atoms with Gasteiger partial charge in [0, 0.05) is 5.02 Å². The van der Waals surface area contributed by atoms with Crippen molar-refractivity contribution in [2.24, 2.45) is 10.9 Å². The molecule has 3 aromatic carbocycles. The van der Waals surface area contributed by atoms with E-state index in [1.165, 1.54) is 7.11 Å². The Morgan fingerprint density at radius 1 is 1.00 bits per heavy atom. The van der Waals surface area contributed by atoms with Crippen molar-refractivity contribution in [3.8, 4) is 11.5 Å². The molecular weight excluding hydrogens is 439 g/mol. The fourth-order valence-electron chi connectivity index (χ4n) is 2.69. The standard InChI is InChI=1S/C23H20Cl2N2O4/c1-14-3-9-19(25)21(11-14)30-13-15-4-6-16(7-5-15)23(28)31-27-22(26)18-12-17(24)8-10-20(18)29-2/h3-12H,13H2,1-2H3,(H2,26,27). The smallest absolute Gasteiger partial charge is 0.365 e. The van der Waals surface area contributed by atoms with E-state index in [1.807, 2.05) is 19.1 Å². The third kappa shape index (κ3) is 5.90. The molecule has 0 aliphatic heterocycles. The summed E-state index contributed by atoms with van der Waals surface area (Å²) in [6.45, 7) is 2.26. The van der Waals surface area contributed by atoms with E-state index in [2.05, 4.69) is 5.16 Å². The Balaban J connectivity index is 1.63. The molecule has 8 heteroatoms. The number of carbonyl (C=O) groups is 1. The summed E-state index contributed by atoms with van der Waals surface area (Å²) in [6, 6.07) is 17.2. The molecule has 3 rings (SSSR count). The molecule has 0 saturated heterocycles. The molecule has 0 fully saturated rings. The van der Waals surface area contributed by atoms with E-state index in [0.717, 1.165) is 11.1 Å². The topological polar surface area (TPSA) is 83.1 Å². The van der Waals surface area contributed by atoms with Crippen molar-refractivity contribution in [3.63, 3.8) is 0 Å². The fraction of sp³-hybridized carbons (Fsp3) is 0.130. The zero-order valence-electron chi connectivity index (χ0n) is 16.9. The number of methoxy groups -OCH3 is 1. The number of oxime groups is 1. The summed E-state index contributed by atoms with van der Waals surface area (Å²) < 4.78 is 11.0. The summed E-state index contributed by atoms with van der Waals surface area (Å²) in [5.74, 6) is 0.372. The van der Waals surface area contributed by atoms with Gasteiger partial charge >= 0.3 is 5.97 Å². The minimum absolute atomic E-state index is 0.0345. The number of halogens is 2. The van der Waals surface area contributed by atoms with Crippen LogP contribution in [-0.2, 0) is 11.4 Å². The van der Waals surface area contributed by atoms with Gasteiger partial charge in [-0.05, 0) is 60.5 Å². The fourth-order valence-corrected chi connectivity index (χ4v) is 3.04. The second-order valence-corrected chi connectivity index (χ2v) is 7.46. The number of hydrogen-bond acceptors (Lipinski definition) is 5. The molecule has 0 amide bonds. The number of benzene rings is 3. The third-order valence-electron chi connectivity index (χ3n) is 4.34. The highest BCUT2D eigenvalue weighted by Crippen LogP contribution is 2.26. The second kappa shape index (κ2) is 10.2. The number of carbonyl (C=O) groups excluding carboxylic acids is 1. The number of rotatable bonds is 7. The first-order valence-electron chi connectivity index (χ1n) is 9.24. The molecule has 160 valence electrons. The molecule has 2 N–H and O–H groups in total. The van der Waals surface area contributed by atoms with Gasteiger partial charge in [-0.25, -0.2) is 4.79 Å². The molecular formula is C23H20Cl2N2O4. The average Bonchev–Trinajstić information content (AvgIpc) is 2.78. The number of amidine groups is 1. The highest BCUT2D eigenvalue weighted by atomic mass is 35.5. The Morgan fingerprint density at radius 3 is 2.45 bits per heavy atom. The van der Waals surface area contributed by atoms with Crippen molar-refractivity contribution in [1.29, 1.82) is 0 Å². The van der Waals surface area contributed by atoms with Gasteiger partial charge in [-0.3, -0.25) is 0 Å². The molecule has 0 atom stereocenters. The number of aryl methyl sites for hydroxylation is 1. The summed E-state index contributed by atoms with van der Waals surface area (Å²) in [6.07, 6.45) is 0. The van der Waals surface area contributed by atoms with Gasteiger partial charge in [0.05, 0.1) is 23.3 Å². The van der Waals surface area contributed by atoms with E-state index in [0.29, 0.717) is 39.3 Å². The van der Waals surface area contributed by atoms with Crippen molar-refractivity contribution >= 4 is 35.0 Å². The zero-order chi connectivity index (χ0) is 22.4. The first-order valence-corrected chi connectivity index (χ1v) is 9.99. The number of nitrogens with zero attached hydrogens (tertiary/aromatic N) is 1. The lowest BCUT2D eigenvalue weighted by molar-refractivity contribution is 0.0516. The van der Waals surface area contributed by atoms with Crippen LogP contribution in [0.15, 0.2) is 65.8 Å². The van der Waals surface area contributed by atoms with E-state index in [-0.39, 0.29) is 5.84 Å². The normalized spacial score (nSPS) is 11.2. The largest absolute Gasteiger partial charge is 0.496 e. The third-order valence-corrected chi connectivity index (χ3v) is 4.88. The average molecular weight is 459 g/mol. The van der Waals surface area contributed by atoms with E-state index in [4.69, 9.17) is 43.2 Å². The Kier molecular flexibility index (Phi) is 7.39. The molecule has 0 aromatic heterocycles. The minimum atomic E-state index is -0.654. The van der Waals surface area contributed by atoms with E-state index >= 15 is 0 Å². The quantitative estimate of drug-likeness (QED) is 0.222. The lowest BCUT2D eigenvalue weighted by Crippen LogP contribution is -2.16. The van der Waals surface area contributed by atoms with Crippen LogP contribution in [0.5, 0.6) is 11.5 Å². The van der Waals surface area contributed by atoms with Crippen molar-refractivity contribution in [3.05, 3.63) is 93.0 Å². The molecule has 0 unspecified atom stereocenters. The van der Waals surface area contributed by atoms with Crippen LogP contribution in [0.3, 0.4) is 0 Å². The Bertz CT molecular complexity index is 1120. The molecule has 0 bridgehead atoms. The number of nitrogens with two attached hydrogens (primary N) is 1. The van der Waals surface area contributed by atoms with Crippen LogP contribution in [0.4, 0.5) is 0 Å². The molecule has 0 radical (unpaired) electrons. The van der Waals surface area contributed by atoms with Crippen molar-refractivity contribution in [1.82, 2.24) is 0 Å². The van der Waals surface area contributed by atoms with Crippen LogP contribution in [0, 0.1) is 6.92 Å². The molecule has 6 nitrogen and oxygen atoms in total. The van der Waals surface area contributed by atoms with Gasteiger partial charge in [-0.1, -0.05) is 46.6 Å². The maximum atomic E-state index is 12.3. The van der Waals surface area contributed by atoms with Crippen molar-refractivity contribution < 1.29 is 19.1 Å². The van der Waals surface area contributed by atoms with Crippen LogP contribution in [0.25, 0.3) is 0 Å². The summed E-state index contributed by atoms with van der Waals surface area (Å²) in [5.41, 5.74) is 8.56. The number of hydrogen-bond donors (Lipinski definition) is 1. The predicted octanol–water partition coefficient (Wildman–Crippen LogP) is 5.37. The van der Waals surface area contributed by atoms with E-state index < -0.39 is 5.97 Å². The van der Waals surface area contributed by atoms with Gasteiger partial charge in [-0.15, -0.1) is 0 Å². The second-order valence-electron chi connectivity index (χ2n) is 6.62. The summed E-state index contributed by atoms with van der Waals surface area (Å²) >= 11 is 12.1. The molecule has 0 spiro atoms. The molecule has 0 aliphatic carbocycles. The Morgan fingerprint density at radius 2 is 1.74 bits per heavy atom. The maximum Gasteiger partial charge on any atom is 0.365 e. The summed E-state index contributed by atoms with van der Waals surface area (Å²) in [7, 11) is 1.49. The van der Waals surface area contributed by atoms with Gasteiger partial charge in [0.25, 0.3) is 0 Å². The van der Waals surface area contributed by atoms with E-state index in [9.17, 15) is 4.79 Å². The van der Waals surface area contributed by atoms with Crippen LogP contribution in [0.2, 0.25) is 10.0 Å².